The first-order valence-corrected chi connectivity index (χ1v) is 5.73. The number of likely N-dealkylation sites (tertiary alicyclic amines) is 1. The number of nitrogens with zero attached hydrogens (tertiary/aromatic N) is 1. The fourth-order valence-electron chi connectivity index (χ4n) is 2.73. The van der Waals surface area contributed by atoms with Crippen molar-refractivity contribution in [3.63, 3.8) is 0 Å². The van der Waals surface area contributed by atoms with E-state index in [2.05, 4.69) is 50.1 Å². The Morgan fingerprint density at radius 1 is 1.21 bits per heavy atom. The lowest BCUT2D eigenvalue weighted by molar-refractivity contribution is 0.104. The molecule has 0 radical (unpaired) electrons. The molecule has 1 aliphatic heterocycles. The molecular formula is C13H21N. The summed E-state index contributed by atoms with van der Waals surface area (Å²) < 4.78 is 0. The zero-order chi connectivity index (χ0) is 10.1. The molecule has 1 fully saturated rings. The van der Waals surface area contributed by atoms with Crippen LogP contribution in [-0.4, -0.2) is 24.5 Å². The highest BCUT2D eigenvalue weighted by molar-refractivity contribution is 5.18. The van der Waals surface area contributed by atoms with E-state index < -0.39 is 0 Å². The molecule has 0 saturated carbocycles. The minimum atomic E-state index is 0.662. The zero-order valence-corrected chi connectivity index (χ0v) is 9.48. The Bertz CT molecular complexity index is 252. The molecule has 1 nitrogen and oxygen atoms in total. The molecule has 14 heavy (non-hydrogen) atoms. The van der Waals surface area contributed by atoms with E-state index in [4.69, 9.17) is 0 Å². The summed E-state index contributed by atoms with van der Waals surface area (Å²) >= 11 is 0. The minimum absolute atomic E-state index is 0.662. The lowest BCUT2D eigenvalue weighted by Gasteiger charge is -2.43. The van der Waals surface area contributed by atoms with Crippen molar-refractivity contribution in [1.29, 1.82) is 0 Å². The molecule has 1 heteroatoms. The molecule has 78 valence electrons. The predicted octanol–water partition coefficient (Wildman–Crippen LogP) is 2.70. The quantitative estimate of drug-likeness (QED) is 0.616. The van der Waals surface area contributed by atoms with Gasteiger partial charge in [0.15, 0.2) is 0 Å². The molecule has 0 amide bonds. The predicted molar refractivity (Wildman–Crippen MR) is 61.1 cm³/mol. The number of allylic oxidation sites excluding steroid dienone is 2. The van der Waals surface area contributed by atoms with Gasteiger partial charge >= 0.3 is 0 Å². The molecule has 2 rings (SSSR count). The van der Waals surface area contributed by atoms with Crippen molar-refractivity contribution in [3.8, 4) is 0 Å². The first-order valence-electron chi connectivity index (χ1n) is 5.73. The summed E-state index contributed by atoms with van der Waals surface area (Å²) in [4.78, 5) is 2.51. The van der Waals surface area contributed by atoms with Gasteiger partial charge in [0.25, 0.3) is 0 Å². The molecule has 0 aromatic heterocycles. The molecular weight excluding hydrogens is 170 g/mol. The number of hydrogen-bond acceptors (Lipinski definition) is 1. The Hall–Kier alpha value is -0.560. The topological polar surface area (TPSA) is 3.24 Å². The van der Waals surface area contributed by atoms with Crippen molar-refractivity contribution < 1.29 is 0 Å². The van der Waals surface area contributed by atoms with Gasteiger partial charge in [-0.25, -0.2) is 0 Å². The Morgan fingerprint density at radius 3 is 2.64 bits per heavy atom. The average Bonchev–Trinajstić information content (AvgIpc) is 2.17. The highest BCUT2D eigenvalue weighted by atomic mass is 15.1. The molecule has 0 bridgehead atoms. The van der Waals surface area contributed by atoms with Gasteiger partial charge in [-0.15, -0.1) is 0 Å². The molecule has 1 aliphatic carbocycles. The number of piperidine rings is 1. The first-order chi connectivity index (χ1) is 6.68. The number of likely N-dealkylation sites (N-methyl/N-ethyl adjacent to an activating group) is 1. The van der Waals surface area contributed by atoms with E-state index in [1.54, 1.807) is 0 Å². The van der Waals surface area contributed by atoms with Gasteiger partial charge in [-0.3, -0.25) is 4.90 Å². The van der Waals surface area contributed by atoms with Gasteiger partial charge in [0, 0.05) is 12.6 Å². The van der Waals surface area contributed by atoms with Gasteiger partial charge in [0.1, 0.15) is 0 Å². The van der Waals surface area contributed by atoms with Crippen LogP contribution in [0.1, 0.15) is 20.3 Å². The van der Waals surface area contributed by atoms with Gasteiger partial charge in [-0.05, 0) is 31.2 Å². The van der Waals surface area contributed by atoms with Crippen LogP contribution < -0.4 is 0 Å². The first kappa shape index (κ1) is 9.97. The van der Waals surface area contributed by atoms with Crippen molar-refractivity contribution in [2.45, 2.75) is 26.3 Å². The van der Waals surface area contributed by atoms with E-state index in [1.165, 1.54) is 13.0 Å². The molecule has 0 spiro atoms. The van der Waals surface area contributed by atoms with Crippen molar-refractivity contribution in [1.82, 2.24) is 4.90 Å². The van der Waals surface area contributed by atoms with Gasteiger partial charge in [0.2, 0.25) is 0 Å². The molecule has 3 unspecified atom stereocenters. The van der Waals surface area contributed by atoms with E-state index in [0.717, 1.165) is 17.8 Å². The maximum Gasteiger partial charge on any atom is 0.0341 e. The van der Waals surface area contributed by atoms with Crippen molar-refractivity contribution in [2.75, 3.05) is 13.6 Å². The van der Waals surface area contributed by atoms with Crippen LogP contribution in [0.25, 0.3) is 0 Å². The Morgan fingerprint density at radius 2 is 1.93 bits per heavy atom. The number of hydrogen-bond donors (Lipinski definition) is 0. The maximum absolute atomic E-state index is 2.51. The summed E-state index contributed by atoms with van der Waals surface area (Å²) in [6.07, 6.45) is 10.5. The van der Waals surface area contributed by atoms with Crippen LogP contribution in [0, 0.1) is 17.8 Å². The van der Waals surface area contributed by atoms with E-state index >= 15 is 0 Å². The monoisotopic (exact) mass is 191 g/mol. The Kier molecular flexibility index (Phi) is 2.78. The third kappa shape index (κ3) is 1.78. The molecule has 2 aliphatic rings. The normalized spacial score (nSPS) is 37.6. The molecule has 1 saturated heterocycles. The molecule has 3 atom stereocenters. The highest BCUT2D eigenvalue weighted by Gasteiger charge is 2.32. The fraction of sp³-hybridized carbons (Fsp3) is 0.692. The van der Waals surface area contributed by atoms with E-state index in [1.807, 2.05) is 0 Å². The summed E-state index contributed by atoms with van der Waals surface area (Å²) in [7, 11) is 2.26. The van der Waals surface area contributed by atoms with E-state index in [9.17, 15) is 0 Å². The second kappa shape index (κ2) is 3.90. The van der Waals surface area contributed by atoms with Crippen LogP contribution in [0.3, 0.4) is 0 Å². The van der Waals surface area contributed by atoms with Crippen LogP contribution in [0.15, 0.2) is 24.3 Å². The van der Waals surface area contributed by atoms with Crippen LogP contribution in [0.2, 0.25) is 0 Å². The third-order valence-corrected chi connectivity index (χ3v) is 3.77. The third-order valence-electron chi connectivity index (χ3n) is 3.77. The van der Waals surface area contributed by atoms with Gasteiger partial charge in [0.05, 0.1) is 0 Å². The molecule has 0 aromatic carbocycles. The average molecular weight is 191 g/mol. The maximum atomic E-state index is 2.51. The SMILES string of the molecule is CC(C)C1CC2C=CC=CC2N(C)C1. The van der Waals surface area contributed by atoms with Crippen LogP contribution in [0.5, 0.6) is 0 Å². The zero-order valence-electron chi connectivity index (χ0n) is 9.48. The molecule has 0 N–H and O–H groups in total. The van der Waals surface area contributed by atoms with E-state index in [-0.39, 0.29) is 0 Å². The number of rotatable bonds is 1. The van der Waals surface area contributed by atoms with Gasteiger partial charge < -0.3 is 0 Å². The second-order valence-corrected chi connectivity index (χ2v) is 5.10. The fourth-order valence-corrected chi connectivity index (χ4v) is 2.73. The summed E-state index contributed by atoms with van der Waals surface area (Å²) in [5, 5.41) is 0. The largest absolute Gasteiger partial charge is 0.299 e. The van der Waals surface area contributed by atoms with Crippen molar-refractivity contribution in [2.24, 2.45) is 17.8 Å². The smallest absolute Gasteiger partial charge is 0.0341 e. The van der Waals surface area contributed by atoms with Crippen LogP contribution in [0.4, 0.5) is 0 Å². The highest BCUT2D eigenvalue weighted by Crippen LogP contribution is 2.33. The summed E-state index contributed by atoms with van der Waals surface area (Å²) in [5.74, 6) is 2.45. The van der Waals surface area contributed by atoms with Crippen molar-refractivity contribution in [3.05, 3.63) is 24.3 Å². The van der Waals surface area contributed by atoms with Crippen LogP contribution >= 0.6 is 0 Å². The summed E-state index contributed by atoms with van der Waals surface area (Å²) in [6.45, 7) is 5.96. The van der Waals surface area contributed by atoms with Crippen LogP contribution in [-0.2, 0) is 0 Å². The minimum Gasteiger partial charge on any atom is -0.299 e. The molecule has 1 heterocycles. The summed E-state index contributed by atoms with van der Waals surface area (Å²) in [6, 6.07) is 0.662. The second-order valence-electron chi connectivity index (χ2n) is 5.10. The summed E-state index contributed by atoms with van der Waals surface area (Å²) in [5.41, 5.74) is 0. The van der Waals surface area contributed by atoms with Gasteiger partial charge in [-0.2, -0.15) is 0 Å². The Labute approximate surface area is 87.5 Å². The lowest BCUT2D eigenvalue weighted by atomic mass is 9.77. The van der Waals surface area contributed by atoms with E-state index in [0.29, 0.717) is 6.04 Å². The Balaban J connectivity index is 2.09. The number of fused-ring (bicyclic) bond motifs is 1. The molecule has 0 aromatic rings. The lowest BCUT2D eigenvalue weighted by Crippen LogP contribution is -2.46. The standard InChI is InChI=1S/C13H21N/c1-10(2)12-8-11-6-4-5-7-13(11)14(3)9-12/h4-7,10-13H,8-9H2,1-3H3. The van der Waals surface area contributed by atoms with Gasteiger partial charge in [-0.1, -0.05) is 38.2 Å². The van der Waals surface area contributed by atoms with Crippen molar-refractivity contribution >= 4 is 0 Å².